The summed E-state index contributed by atoms with van der Waals surface area (Å²) in [6, 6.07) is 1.79. The Morgan fingerprint density at radius 2 is 2.21 bits per heavy atom. The molecule has 0 N–H and O–H groups in total. The molecule has 0 unspecified atom stereocenters. The number of aryl methyl sites for hydroxylation is 2. The zero-order chi connectivity index (χ0) is 10.6. The second-order valence-electron chi connectivity index (χ2n) is 2.91. The molecule has 1 aromatic heterocycles. The highest BCUT2D eigenvalue weighted by Crippen LogP contribution is 2.06. The maximum atomic E-state index is 11.3. The van der Waals surface area contributed by atoms with Crippen LogP contribution in [0.25, 0.3) is 0 Å². The predicted octanol–water partition coefficient (Wildman–Crippen LogP) is 1.64. The number of rotatable bonds is 4. The Bertz CT molecular complexity index is 296. The van der Waals surface area contributed by atoms with Crippen LogP contribution in [0.15, 0.2) is 6.07 Å². The van der Waals surface area contributed by atoms with Gasteiger partial charge in [-0.25, -0.2) is 4.79 Å². The van der Waals surface area contributed by atoms with E-state index in [9.17, 15) is 4.79 Å². The van der Waals surface area contributed by atoms with Crippen molar-refractivity contribution in [2.45, 2.75) is 33.7 Å². The summed E-state index contributed by atoms with van der Waals surface area (Å²) in [6.07, 6.45) is 0.875. The number of carbonyl (C=O) groups excluding carboxylic acids is 1. The van der Waals surface area contributed by atoms with Gasteiger partial charge in [-0.05, 0) is 26.3 Å². The van der Waals surface area contributed by atoms with Crippen molar-refractivity contribution in [3.63, 3.8) is 0 Å². The molecule has 0 bridgehead atoms. The van der Waals surface area contributed by atoms with Crippen LogP contribution in [0, 0.1) is 0 Å². The van der Waals surface area contributed by atoms with Gasteiger partial charge in [0.2, 0.25) is 0 Å². The van der Waals surface area contributed by atoms with E-state index in [4.69, 9.17) is 4.74 Å². The van der Waals surface area contributed by atoms with Crippen molar-refractivity contribution < 1.29 is 9.53 Å². The molecule has 78 valence electrons. The number of ether oxygens (including phenoxy) is 1. The molecule has 0 saturated heterocycles. The van der Waals surface area contributed by atoms with Gasteiger partial charge >= 0.3 is 5.97 Å². The summed E-state index contributed by atoms with van der Waals surface area (Å²) >= 11 is 0. The van der Waals surface area contributed by atoms with Crippen molar-refractivity contribution in [3.8, 4) is 0 Å². The molecule has 1 aromatic rings. The van der Waals surface area contributed by atoms with E-state index in [0.717, 1.165) is 18.7 Å². The monoisotopic (exact) mass is 196 g/mol. The van der Waals surface area contributed by atoms with Crippen molar-refractivity contribution in [2.24, 2.45) is 0 Å². The summed E-state index contributed by atoms with van der Waals surface area (Å²) in [4.78, 5) is 11.3. The maximum absolute atomic E-state index is 11.3. The first kappa shape index (κ1) is 10.8. The summed E-state index contributed by atoms with van der Waals surface area (Å²) in [5.74, 6) is -0.339. The zero-order valence-electron chi connectivity index (χ0n) is 8.91. The number of carbonyl (C=O) groups is 1. The molecule has 0 aliphatic heterocycles. The Labute approximate surface area is 83.9 Å². The van der Waals surface area contributed by atoms with Gasteiger partial charge in [-0.2, -0.15) is 5.10 Å². The lowest BCUT2D eigenvalue weighted by molar-refractivity contribution is 0.0518. The third kappa shape index (κ3) is 2.13. The fourth-order valence-corrected chi connectivity index (χ4v) is 1.32. The van der Waals surface area contributed by atoms with Gasteiger partial charge in [0, 0.05) is 12.2 Å². The minimum atomic E-state index is -0.339. The van der Waals surface area contributed by atoms with Gasteiger partial charge in [-0.1, -0.05) is 6.92 Å². The van der Waals surface area contributed by atoms with Crippen LogP contribution in [-0.2, 0) is 17.7 Å². The standard InChI is InChI=1S/C10H16N2O2/c1-4-8-7-9(10(13)14-6-3)11-12(8)5-2/h7H,4-6H2,1-3H3. The highest BCUT2D eigenvalue weighted by Gasteiger charge is 2.13. The van der Waals surface area contributed by atoms with E-state index >= 15 is 0 Å². The maximum Gasteiger partial charge on any atom is 0.358 e. The molecule has 1 rings (SSSR count). The van der Waals surface area contributed by atoms with Crippen molar-refractivity contribution in [2.75, 3.05) is 6.61 Å². The van der Waals surface area contributed by atoms with Crippen molar-refractivity contribution in [1.82, 2.24) is 9.78 Å². The molecule has 1 heterocycles. The Hall–Kier alpha value is -1.32. The molecule has 0 fully saturated rings. The summed E-state index contributed by atoms with van der Waals surface area (Å²) in [5, 5.41) is 4.16. The largest absolute Gasteiger partial charge is 0.461 e. The topological polar surface area (TPSA) is 44.1 Å². The van der Waals surface area contributed by atoms with Crippen LogP contribution in [-0.4, -0.2) is 22.4 Å². The first-order valence-corrected chi connectivity index (χ1v) is 4.96. The summed E-state index contributed by atoms with van der Waals surface area (Å²) in [7, 11) is 0. The average molecular weight is 196 g/mol. The first-order chi connectivity index (χ1) is 6.72. The summed E-state index contributed by atoms with van der Waals surface area (Å²) in [6.45, 7) is 7.00. The third-order valence-corrected chi connectivity index (χ3v) is 2.01. The van der Waals surface area contributed by atoms with E-state index in [1.54, 1.807) is 13.0 Å². The molecule has 4 nitrogen and oxygen atoms in total. The lowest BCUT2D eigenvalue weighted by Gasteiger charge is -1.99. The van der Waals surface area contributed by atoms with Crippen molar-refractivity contribution in [3.05, 3.63) is 17.5 Å². The molecule has 0 radical (unpaired) electrons. The number of aromatic nitrogens is 2. The Morgan fingerprint density at radius 1 is 1.50 bits per heavy atom. The van der Waals surface area contributed by atoms with Gasteiger partial charge in [0.05, 0.1) is 6.61 Å². The zero-order valence-corrected chi connectivity index (χ0v) is 8.91. The van der Waals surface area contributed by atoms with E-state index in [1.807, 2.05) is 18.5 Å². The highest BCUT2D eigenvalue weighted by molar-refractivity contribution is 5.87. The molecule has 0 aliphatic rings. The van der Waals surface area contributed by atoms with Gasteiger partial charge in [0.25, 0.3) is 0 Å². The minimum Gasteiger partial charge on any atom is -0.461 e. The lowest BCUT2D eigenvalue weighted by atomic mass is 10.3. The van der Waals surface area contributed by atoms with Crippen molar-refractivity contribution >= 4 is 5.97 Å². The molecule has 0 aromatic carbocycles. The fourth-order valence-electron chi connectivity index (χ4n) is 1.32. The van der Waals surface area contributed by atoms with E-state index in [0.29, 0.717) is 12.3 Å². The van der Waals surface area contributed by atoms with Crippen LogP contribution in [0.2, 0.25) is 0 Å². The minimum absolute atomic E-state index is 0.339. The van der Waals surface area contributed by atoms with Gasteiger partial charge < -0.3 is 4.74 Å². The molecule has 14 heavy (non-hydrogen) atoms. The second kappa shape index (κ2) is 4.79. The number of esters is 1. The molecular formula is C10H16N2O2. The lowest BCUT2D eigenvalue weighted by Crippen LogP contribution is -2.07. The van der Waals surface area contributed by atoms with Crippen molar-refractivity contribution in [1.29, 1.82) is 0 Å². The van der Waals surface area contributed by atoms with E-state index in [1.165, 1.54) is 0 Å². The van der Waals surface area contributed by atoms with Gasteiger partial charge in [0.1, 0.15) is 0 Å². The summed E-state index contributed by atoms with van der Waals surface area (Å²) < 4.78 is 6.70. The van der Waals surface area contributed by atoms with E-state index < -0.39 is 0 Å². The number of hydrogen-bond acceptors (Lipinski definition) is 3. The normalized spacial score (nSPS) is 10.2. The fraction of sp³-hybridized carbons (Fsp3) is 0.600. The van der Waals surface area contributed by atoms with Crippen LogP contribution < -0.4 is 0 Å². The van der Waals surface area contributed by atoms with Crippen LogP contribution in [0.3, 0.4) is 0 Å². The van der Waals surface area contributed by atoms with E-state index in [-0.39, 0.29) is 5.97 Å². The Kier molecular flexibility index (Phi) is 3.68. The van der Waals surface area contributed by atoms with Crippen LogP contribution >= 0.6 is 0 Å². The van der Waals surface area contributed by atoms with Gasteiger partial charge in [-0.3, -0.25) is 4.68 Å². The van der Waals surface area contributed by atoms with Gasteiger partial charge in [-0.15, -0.1) is 0 Å². The Morgan fingerprint density at radius 3 is 2.64 bits per heavy atom. The number of nitrogens with zero attached hydrogens (tertiary/aromatic N) is 2. The molecule has 0 spiro atoms. The SMILES string of the molecule is CCOC(=O)c1cc(CC)n(CC)n1. The third-order valence-electron chi connectivity index (χ3n) is 2.01. The van der Waals surface area contributed by atoms with Crippen LogP contribution in [0.4, 0.5) is 0 Å². The molecule has 0 amide bonds. The quantitative estimate of drug-likeness (QED) is 0.688. The van der Waals surface area contributed by atoms with Crippen LogP contribution in [0.5, 0.6) is 0 Å². The molecule has 4 heteroatoms. The number of hydrogen-bond donors (Lipinski definition) is 0. The van der Waals surface area contributed by atoms with Gasteiger partial charge in [0.15, 0.2) is 5.69 Å². The van der Waals surface area contributed by atoms with E-state index in [2.05, 4.69) is 5.10 Å². The average Bonchev–Trinajstić information content (AvgIpc) is 2.61. The molecular weight excluding hydrogens is 180 g/mol. The second-order valence-corrected chi connectivity index (χ2v) is 2.91. The Balaban J connectivity index is 2.88. The molecule has 0 saturated carbocycles. The molecule has 0 atom stereocenters. The van der Waals surface area contributed by atoms with Crippen LogP contribution in [0.1, 0.15) is 37.0 Å². The summed E-state index contributed by atoms with van der Waals surface area (Å²) in [5.41, 5.74) is 1.47. The smallest absolute Gasteiger partial charge is 0.358 e. The first-order valence-electron chi connectivity index (χ1n) is 4.96. The highest BCUT2D eigenvalue weighted by atomic mass is 16.5. The predicted molar refractivity (Wildman–Crippen MR) is 53.2 cm³/mol. The molecule has 0 aliphatic carbocycles.